The van der Waals surface area contributed by atoms with E-state index in [-0.39, 0.29) is 24.5 Å². The minimum Gasteiger partial charge on any atom is -0.326 e. The summed E-state index contributed by atoms with van der Waals surface area (Å²) in [7, 11) is -3.76. The Balaban J connectivity index is 1.68. The van der Waals surface area contributed by atoms with Gasteiger partial charge in [0.05, 0.1) is 22.3 Å². The summed E-state index contributed by atoms with van der Waals surface area (Å²) in [6.07, 6.45) is -3.85. The van der Waals surface area contributed by atoms with Crippen LogP contribution in [-0.4, -0.2) is 31.7 Å². The molecule has 0 aromatic heterocycles. The van der Waals surface area contributed by atoms with E-state index >= 15 is 0 Å². The molecule has 2 aromatic carbocycles. The van der Waals surface area contributed by atoms with Gasteiger partial charge in [-0.25, -0.2) is 17.1 Å². The van der Waals surface area contributed by atoms with E-state index < -0.39 is 44.4 Å². The highest BCUT2D eigenvalue weighted by molar-refractivity contribution is 7.88. The highest BCUT2D eigenvalue weighted by atomic mass is 35.5. The molecule has 0 unspecified atom stereocenters. The van der Waals surface area contributed by atoms with E-state index in [1.165, 1.54) is 34.6 Å². The van der Waals surface area contributed by atoms with Crippen molar-refractivity contribution in [2.75, 3.05) is 18.4 Å². The molecule has 1 saturated heterocycles. The molecular weight excluding hydrogens is 460 g/mol. The molecule has 0 radical (unpaired) electrons. The highest BCUT2D eigenvalue weighted by Crippen LogP contribution is 2.36. The number of anilines is 1. The summed E-state index contributed by atoms with van der Waals surface area (Å²) < 4.78 is 78.7. The molecule has 1 fully saturated rings. The van der Waals surface area contributed by atoms with Gasteiger partial charge in [0.2, 0.25) is 15.9 Å². The van der Waals surface area contributed by atoms with Gasteiger partial charge >= 0.3 is 6.18 Å². The molecule has 1 atom stereocenters. The minimum absolute atomic E-state index is 0.0759. The van der Waals surface area contributed by atoms with Crippen molar-refractivity contribution in [2.45, 2.75) is 24.8 Å². The molecule has 31 heavy (non-hydrogen) atoms. The number of sulfonamides is 1. The van der Waals surface area contributed by atoms with Gasteiger partial charge in [-0.3, -0.25) is 4.79 Å². The standard InChI is InChI=1S/C20H19ClF4N2O3S/c21-18-8-7-16(10-17(18)20(23,24)25)26-19(28)14-2-1-9-27(11-14)31(29,30)12-13-3-5-15(22)6-4-13/h3-8,10,14H,1-2,9,11-12H2,(H,26,28)/t14-/m0/s1. The van der Waals surface area contributed by atoms with Crippen molar-refractivity contribution in [1.82, 2.24) is 4.31 Å². The van der Waals surface area contributed by atoms with E-state index in [9.17, 15) is 30.8 Å². The van der Waals surface area contributed by atoms with Gasteiger partial charge in [-0.1, -0.05) is 23.7 Å². The number of halogens is 5. The van der Waals surface area contributed by atoms with Crippen molar-refractivity contribution in [3.8, 4) is 0 Å². The first-order chi connectivity index (χ1) is 14.5. The molecule has 3 rings (SSSR count). The lowest BCUT2D eigenvalue weighted by Gasteiger charge is -2.31. The van der Waals surface area contributed by atoms with Crippen LogP contribution in [0.2, 0.25) is 5.02 Å². The van der Waals surface area contributed by atoms with Gasteiger partial charge in [-0.15, -0.1) is 0 Å². The Bertz CT molecular complexity index is 1060. The van der Waals surface area contributed by atoms with Crippen LogP contribution in [0.1, 0.15) is 24.0 Å². The summed E-state index contributed by atoms with van der Waals surface area (Å²) in [5.74, 6) is -2.11. The van der Waals surface area contributed by atoms with Crippen LogP contribution in [-0.2, 0) is 26.7 Å². The van der Waals surface area contributed by atoms with Gasteiger partial charge < -0.3 is 5.32 Å². The maximum absolute atomic E-state index is 13.0. The number of piperidine rings is 1. The maximum atomic E-state index is 13.0. The fraction of sp³-hybridized carbons (Fsp3) is 0.350. The quantitative estimate of drug-likeness (QED) is 0.635. The van der Waals surface area contributed by atoms with Crippen molar-refractivity contribution >= 4 is 33.2 Å². The third-order valence-corrected chi connectivity index (χ3v) is 7.10. The molecule has 0 bridgehead atoms. The molecule has 1 heterocycles. The molecule has 5 nitrogen and oxygen atoms in total. The summed E-state index contributed by atoms with van der Waals surface area (Å²) >= 11 is 5.58. The second-order valence-corrected chi connectivity index (χ2v) is 9.64. The Morgan fingerprint density at radius 2 is 1.84 bits per heavy atom. The molecule has 168 valence electrons. The van der Waals surface area contributed by atoms with E-state index in [0.717, 1.165) is 12.1 Å². The van der Waals surface area contributed by atoms with Crippen LogP contribution in [0.15, 0.2) is 42.5 Å². The second-order valence-electron chi connectivity index (χ2n) is 7.26. The lowest BCUT2D eigenvalue weighted by atomic mass is 9.98. The predicted molar refractivity (Wildman–Crippen MR) is 108 cm³/mol. The van der Waals surface area contributed by atoms with Gasteiger partial charge in [0.15, 0.2) is 0 Å². The Morgan fingerprint density at radius 1 is 1.16 bits per heavy atom. The number of nitrogens with one attached hydrogen (secondary N) is 1. The predicted octanol–water partition coefficient (Wildman–Crippen LogP) is 4.68. The summed E-state index contributed by atoms with van der Waals surface area (Å²) in [6.45, 7) is 0.140. The number of alkyl halides is 3. The molecular formula is C20H19ClF4N2O3S. The average molecular weight is 479 g/mol. The van der Waals surface area contributed by atoms with Gasteiger partial charge in [0.25, 0.3) is 0 Å². The summed E-state index contributed by atoms with van der Waals surface area (Å²) in [6, 6.07) is 8.12. The SMILES string of the molecule is O=C(Nc1ccc(Cl)c(C(F)(F)F)c1)[C@H]1CCCN(S(=O)(=O)Cc2ccc(F)cc2)C1. The molecule has 0 aliphatic carbocycles. The maximum Gasteiger partial charge on any atom is 0.417 e. The van der Waals surface area contributed by atoms with Crippen molar-refractivity contribution in [2.24, 2.45) is 5.92 Å². The monoisotopic (exact) mass is 478 g/mol. The van der Waals surface area contributed by atoms with Gasteiger partial charge in [-0.05, 0) is 48.7 Å². The third-order valence-electron chi connectivity index (χ3n) is 4.95. The van der Waals surface area contributed by atoms with E-state index in [1.807, 2.05) is 0 Å². The number of amides is 1. The van der Waals surface area contributed by atoms with Crippen LogP contribution in [0.3, 0.4) is 0 Å². The van der Waals surface area contributed by atoms with Crippen molar-refractivity contribution in [1.29, 1.82) is 0 Å². The number of carbonyl (C=O) groups excluding carboxylic acids is 1. The Kier molecular flexibility index (Phi) is 6.92. The van der Waals surface area contributed by atoms with Crippen molar-refractivity contribution in [3.63, 3.8) is 0 Å². The van der Waals surface area contributed by atoms with E-state index in [2.05, 4.69) is 5.32 Å². The number of nitrogens with zero attached hydrogens (tertiary/aromatic N) is 1. The summed E-state index contributed by atoms with van der Waals surface area (Å²) in [4.78, 5) is 12.6. The zero-order valence-electron chi connectivity index (χ0n) is 16.1. The zero-order chi connectivity index (χ0) is 22.8. The molecule has 1 N–H and O–H groups in total. The van der Waals surface area contributed by atoms with Crippen LogP contribution in [0.4, 0.5) is 23.2 Å². The zero-order valence-corrected chi connectivity index (χ0v) is 17.7. The number of rotatable bonds is 5. The van der Waals surface area contributed by atoms with Crippen LogP contribution in [0, 0.1) is 11.7 Å². The van der Waals surface area contributed by atoms with Crippen molar-refractivity contribution < 1.29 is 30.8 Å². The first kappa shape index (κ1) is 23.5. The molecule has 1 amide bonds. The molecule has 11 heteroatoms. The molecule has 0 saturated carbocycles. The highest BCUT2D eigenvalue weighted by Gasteiger charge is 2.35. The van der Waals surface area contributed by atoms with Crippen LogP contribution in [0.25, 0.3) is 0 Å². The molecule has 0 spiro atoms. The normalized spacial score (nSPS) is 18.0. The van der Waals surface area contributed by atoms with Gasteiger partial charge in [0.1, 0.15) is 5.82 Å². The van der Waals surface area contributed by atoms with Crippen LogP contribution >= 0.6 is 11.6 Å². The second kappa shape index (κ2) is 9.13. The molecule has 1 aliphatic heterocycles. The Labute approximate surface area is 182 Å². The molecule has 2 aromatic rings. The lowest BCUT2D eigenvalue weighted by Crippen LogP contribution is -2.44. The fourth-order valence-electron chi connectivity index (χ4n) is 3.36. The minimum atomic E-state index is -4.67. The summed E-state index contributed by atoms with van der Waals surface area (Å²) in [5.41, 5.74) is -0.735. The van der Waals surface area contributed by atoms with E-state index in [1.54, 1.807) is 0 Å². The molecule has 1 aliphatic rings. The largest absolute Gasteiger partial charge is 0.417 e. The number of hydrogen-bond donors (Lipinski definition) is 1. The van der Waals surface area contributed by atoms with Crippen LogP contribution in [0.5, 0.6) is 0 Å². The first-order valence-corrected chi connectivity index (χ1v) is 11.3. The Hall–Kier alpha value is -2.17. The first-order valence-electron chi connectivity index (χ1n) is 9.35. The number of carbonyl (C=O) groups is 1. The van der Waals surface area contributed by atoms with E-state index in [4.69, 9.17) is 11.6 Å². The van der Waals surface area contributed by atoms with Crippen molar-refractivity contribution in [3.05, 3.63) is 64.4 Å². The van der Waals surface area contributed by atoms with Gasteiger partial charge in [-0.2, -0.15) is 13.2 Å². The summed E-state index contributed by atoms with van der Waals surface area (Å²) in [5, 5.41) is 1.93. The number of benzene rings is 2. The smallest absolute Gasteiger partial charge is 0.326 e. The van der Waals surface area contributed by atoms with Crippen LogP contribution < -0.4 is 5.32 Å². The van der Waals surface area contributed by atoms with E-state index in [0.29, 0.717) is 18.4 Å². The average Bonchev–Trinajstić information content (AvgIpc) is 2.70. The van der Waals surface area contributed by atoms with Gasteiger partial charge in [0, 0.05) is 18.8 Å². The number of hydrogen-bond acceptors (Lipinski definition) is 3. The Morgan fingerprint density at radius 3 is 2.48 bits per heavy atom. The third kappa shape index (κ3) is 5.96. The fourth-order valence-corrected chi connectivity index (χ4v) is 5.19. The topological polar surface area (TPSA) is 66.5 Å². The lowest BCUT2D eigenvalue weighted by molar-refractivity contribution is -0.137.